The maximum atomic E-state index is 4.32. The average molecular weight is 354 g/mol. The Kier molecular flexibility index (Phi) is 5.30. The number of allylic oxidation sites excluding steroid dienone is 1. The summed E-state index contributed by atoms with van der Waals surface area (Å²) < 4.78 is 1.34. The normalized spacial score (nSPS) is 15.8. The predicted molar refractivity (Wildman–Crippen MR) is 111 cm³/mol. The van der Waals surface area contributed by atoms with Gasteiger partial charge in [-0.15, -0.1) is 11.3 Å². The number of likely N-dealkylation sites (N-methyl/N-ethyl adjacent to an activating group) is 1. The lowest BCUT2D eigenvalue weighted by Gasteiger charge is -2.38. The Morgan fingerprint density at radius 3 is 2.80 bits per heavy atom. The highest BCUT2D eigenvalue weighted by Gasteiger charge is 2.22. The molecular weight excluding hydrogens is 326 g/mol. The SMILES string of the molecule is C=C(/C=C/CN(C)C)N1CCN(c2cc3cc(C)ccc3s2)C(=C)C1. The van der Waals surface area contributed by atoms with Gasteiger partial charge in [0.25, 0.3) is 0 Å². The quantitative estimate of drug-likeness (QED) is 0.734. The number of piperazine rings is 1. The van der Waals surface area contributed by atoms with Crippen LogP contribution >= 0.6 is 11.3 Å². The van der Waals surface area contributed by atoms with Gasteiger partial charge >= 0.3 is 0 Å². The molecule has 3 rings (SSSR count). The van der Waals surface area contributed by atoms with E-state index in [1.165, 1.54) is 20.7 Å². The molecule has 0 aliphatic carbocycles. The molecule has 0 saturated carbocycles. The molecule has 1 fully saturated rings. The van der Waals surface area contributed by atoms with Crippen molar-refractivity contribution in [2.75, 3.05) is 45.2 Å². The number of thiophene rings is 1. The maximum Gasteiger partial charge on any atom is 0.0964 e. The van der Waals surface area contributed by atoms with Gasteiger partial charge in [0.05, 0.1) is 11.5 Å². The molecule has 1 aliphatic rings. The third-order valence-corrected chi connectivity index (χ3v) is 5.60. The first-order chi connectivity index (χ1) is 11.9. The highest BCUT2D eigenvalue weighted by molar-refractivity contribution is 7.22. The zero-order valence-electron chi connectivity index (χ0n) is 15.5. The number of fused-ring (bicyclic) bond motifs is 1. The van der Waals surface area contributed by atoms with Gasteiger partial charge in [-0.1, -0.05) is 36.9 Å². The number of nitrogens with zero attached hydrogens (tertiary/aromatic N) is 3. The summed E-state index contributed by atoms with van der Waals surface area (Å²) in [5.41, 5.74) is 3.51. The Balaban J connectivity index is 1.67. The third-order valence-electron chi connectivity index (χ3n) is 4.46. The summed E-state index contributed by atoms with van der Waals surface area (Å²) in [5, 5.41) is 2.62. The second kappa shape index (κ2) is 7.46. The Morgan fingerprint density at radius 2 is 2.08 bits per heavy atom. The average Bonchev–Trinajstić information content (AvgIpc) is 2.96. The van der Waals surface area contributed by atoms with E-state index in [1.54, 1.807) is 0 Å². The van der Waals surface area contributed by atoms with Crippen molar-refractivity contribution in [2.45, 2.75) is 6.92 Å². The Morgan fingerprint density at radius 1 is 1.28 bits per heavy atom. The molecule has 0 bridgehead atoms. The van der Waals surface area contributed by atoms with Gasteiger partial charge in [0.1, 0.15) is 0 Å². The van der Waals surface area contributed by atoms with Gasteiger partial charge in [-0.3, -0.25) is 0 Å². The number of rotatable bonds is 5. The first-order valence-corrected chi connectivity index (χ1v) is 9.46. The molecule has 0 N–H and O–H groups in total. The summed E-state index contributed by atoms with van der Waals surface area (Å²) in [4.78, 5) is 6.81. The largest absolute Gasteiger partial charge is 0.364 e. The lowest BCUT2D eigenvalue weighted by Crippen LogP contribution is -2.43. The van der Waals surface area contributed by atoms with Crippen LogP contribution < -0.4 is 4.90 Å². The van der Waals surface area contributed by atoms with Gasteiger partial charge < -0.3 is 14.7 Å². The minimum atomic E-state index is 0.832. The number of aryl methyl sites for hydroxylation is 1. The molecule has 2 aromatic rings. The molecule has 0 atom stereocenters. The van der Waals surface area contributed by atoms with Gasteiger partial charge in [-0.05, 0) is 44.6 Å². The zero-order valence-corrected chi connectivity index (χ0v) is 16.3. The van der Waals surface area contributed by atoms with Crippen molar-refractivity contribution in [3.05, 3.63) is 66.5 Å². The highest BCUT2D eigenvalue weighted by Crippen LogP contribution is 2.35. The number of hydrogen-bond acceptors (Lipinski definition) is 4. The topological polar surface area (TPSA) is 9.72 Å². The van der Waals surface area contributed by atoms with Crippen LogP contribution in [-0.4, -0.2) is 50.1 Å². The molecule has 1 aliphatic heterocycles. The summed E-state index contributed by atoms with van der Waals surface area (Å²) in [7, 11) is 4.14. The molecule has 0 unspecified atom stereocenters. The van der Waals surface area contributed by atoms with E-state index in [0.29, 0.717) is 0 Å². The zero-order chi connectivity index (χ0) is 18.0. The van der Waals surface area contributed by atoms with Crippen LogP contribution in [-0.2, 0) is 0 Å². The fourth-order valence-electron chi connectivity index (χ4n) is 3.06. The summed E-state index contributed by atoms with van der Waals surface area (Å²) >= 11 is 1.85. The molecule has 0 radical (unpaired) electrons. The molecule has 1 saturated heterocycles. The van der Waals surface area contributed by atoms with Crippen LogP contribution in [0.2, 0.25) is 0 Å². The third kappa shape index (κ3) is 4.14. The summed E-state index contributed by atoms with van der Waals surface area (Å²) in [6.45, 7) is 14.4. The summed E-state index contributed by atoms with van der Waals surface area (Å²) in [6.07, 6.45) is 4.27. The molecule has 4 heteroatoms. The standard InChI is InChI=1S/C21H27N3S/c1-16-8-9-20-19(13-16)14-21(25-20)24-12-11-23(15-18(24)3)17(2)7-6-10-22(4)5/h6-9,13-14H,2-3,10-12,15H2,1,4-5H3/b7-6+. The van der Waals surface area contributed by atoms with Crippen molar-refractivity contribution in [3.8, 4) is 0 Å². The molecule has 2 heterocycles. The molecule has 132 valence electrons. The molecule has 1 aromatic carbocycles. The molecule has 0 spiro atoms. The minimum absolute atomic E-state index is 0.832. The van der Waals surface area contributed by atoms with Crippen molar-refractivity contribution in [2.24, 2.45) is 0 Å². The van der Waals surface area contributed by atoms with Gasteiger partial charge in [-0.25, -0.2) is 0 Å². The highest BCUT2D eigenvalue weighted by atomic mass is 32.1. The molecular formula is C21H27N3S. The van der Waals surface area contributed by atoms with Gasteiger partial charge in [0.2, 0.25) is 0 Å². The van der Waals surface area contributed by atoms with E-state index in [-0.39, 0.29) is 0 Å². The van der Waals surface area contributed by atoms with Crippen LogP contribution in [0.15, 0.2) is 61.0 Å². The first kappa shape index (κ1) is 17.8. The van der Waals surface area contributed by atoms with Crippen LogP contribution in [0.4, 0.5) is 5.00 Å². The molecule has 0 amide bonds. The number of hydrogen-bond donors (Lipinski definition) is 0. The minimum Gasteiger partial charge on any atom is -0.364 e. The van der Waals surface area contributed by atoms with E-state index >= 15 is 0 Å². The van der Waals surface area contributed by atoms with E-state index in [9.17, 15) is 0 Å². The van der Waals surface area contributed by atoms with Gasteiger partial charge in [0, 0.05) is 35.7 Å². The summed E-state index contributed by atoms with van der Waals surface area (Å²) in [6, 6.07) is 8.94. The fraction of sp³-hybridized carbons (Fsp3) is 0.333. The van der Waals surface area contributed by atoms with Crippen LogP contribution in [0.25, 0.3) is 10.1 Å². The van der Waals surface area contributed by atoms with Crippen LogP contribution in [0, 0.1) is 6.92 Å². The van der Waals surface area contributed by atoms with E-state index in [1.807, 2.05) is 11.3 Å². The van der Waals surface area contributed by atoms with Crippen molar-refractivity contribution < 1.29 is 0 Å². The fourth-order valence-corrected chi connectivity index (χ4v) is 4.18. The van der Waals surface area contributed by atoms with Crippen LogP contribution in [0.1, 0.15) is 5.56 Å². The Hall–Kier alpha value is -2.04. The van der Waals surface area contributed by atoms with Crippen molar-refractivity contribution in [1.82, 2.24) is 9.80 Å². The monoisotopic (exact) mass is 353 g/mol. The van der Waals surface area contributed by atoms with Gasteiger partial charge in [-0.2, -0.15) is 0 Å². The Bertz CT molecular complexity index is 816. The van der Waals surface area contributed by atoms with Crippen molar-refractivity contribution in [3.63, 3.8) is 0 Å². The molecule has 1 aromatic heterocycles. The van der Waals surface area contributed by atoms with Crippen LogP contribution in [0.3, 0.4) is 0 Å². The molecule has 25 heavy (non-hydrogen) atoms. The molecule has 3 nitrogen and oxygen atoms in total. The van der Waals surface area contributed by atoms with E-state index in [2.05, 4.69) is 85.3 Å². The number of anilines is 1. The second-order valence-electron chi connectivity index (χ2n) is 6.92. The smallest absolute Gasteiger partial charge is 0.0964 e. The first-order valence-electron chi connectivity index (χ1n) is 8.64. The van der Waals surface area contributed by atoms with E-state index < -0.39 is 0 Å². The maximum absolute atomic E-state index is 4.32. The Labute approximate surface area is 155 Å². The predicted octanol–water partition coefficient (Wildman–Crippen LogP) is 4.48. The second-order valence-corrected chi connectivity index (χ2v) is 7.98. The number of benzene rings is 1. The van der Waals surface area contributed by atoms with E-state index in [4.69, 9.17) is 0 Å². The van der Waals surface area contributed by atoms with Gasteiger partial charge in [0.15, 0.2) is 0 Å². The van der Waals surface area contributed by atoms with Crippen LogP contribution in [0.5, 0.6) is 0 Å². The lowest BCUT2D eigenvalue weighted by atomic mass is 10.2. The van der Waals surface area contributed by atoms with Crippen molar-refractivity contribution >= 4 is 26.4 Å². The van der Waals surface area contributed by atoms with E-state index in [0.717, 1.165) is 37.6 Å². The summed E-state index contributed by atoms with van der Waals surface area (Å²) in [5.74, 6) is 0. The van der Waals surface area contributed by atoms with Crippen molar-refractivity contribution in [1.29, 1.82) is 0 Å². The lowest BCUT2D eigenvalue weighted by molar-refractivity contribution is 0.361.